The van der Waals surface area contributed by atoms with Crippen LogP contribution < -0.4 is 5.32 Å². The second kappa shape index (κ2) is 6.80. The minimum Gasteiger partial charge on any atom is -0.348 e. The Kier molecular flexibility index (Phi) is 4.82. The van der Waals surface area contributed by atoms with E-state index >= 15 is 0 Å². The van der Waals surface area contributed by atoms with Gasteiger partial charge in [0.2, 0.25) is 5.91 Å². The Morgan fingerprint density at radius 3 is 2.70 bits per heavy atom. The van der Waals surface area contributed by atoms with Gasteiger partial charge in [-0.25, -0.2) is 4.39 Å². The molecule has 0 spiro atoms. The van der Waals surface area contributed by atoms with Crippen molar-refractivity contribution in [3.05, 3.63) is 65.7 Å². The maximum Gasteiger partial charge on any atom is 0.220 e. The van der Waals surface area contributed by atoms with Crippen molar-refractivity contribution in [1.29, 1.82) is 0 Å². The number of nitrogens with zero attached hydrogens (tertiary/aromatic N) is 1. The van der Waals surface area contributed by atoms with Crippen molar-refractivity contribution in [2.75, 3.05) is 0 Å². The van der Waals surface area contributed by atoms with Gasteiger partial charge in [0, 0.05) is 12.6 Å². The van der Waals surface area contributed by atoms with Crippen molar-refractivity contribution in [2.24, 2.45) is 0 Å². The minimum absolute atomic E-state index is 0.105. The van der Waals surface area contributed by atoms with Gasteiger partial charge < -0.3 is 5.32 Å². The molecule has 0 fully saturated rings. The number of rotatable bonds is 5. The van der Waals surface area contributed by atoms with E-state index in [1.54, 1.807) is 24.4 Å². The van der Waals surface area contributed by atoms with Crippen LogP contribution in [0, 0.1) is 5.82 Å². The Balaban J connectivity index is 1.86. The van der Waals surface area contributed by atoms with E-state index in [1.165, 1.54) is 6.07 Å². The molecular formula is C16H17FN2O. The Morgan fingerprint density at radius 1 is 1.25 bits per heavy atom. The van der Waals surface area contributed by atoms with E-state index in [-0.39, 0.29) is 24.2 Å². The molecule has 1 aromatic heterocycles. The van der Waals surface area contributed by atoms with Gasteiger partial charge in [-0.3, -0.25) is 9.78 Å². The van der Waals surface area contributed by atoms with Crippen molar-refractivity contribution in [3.8, 4) is 0 Å². The molecule has 2 aromatic rings. The highest BCUT2D eigenvalue weighted by atomic mass is 19.1. The number of halogens is 1. The number of aryl methyl sites for hydroxylation is 1. The molecule has 4 heteroatoms. The third kappa shape index (κ3) is 3.88. The highest BCUT2D eigenvalue weighted by Crippen LogP contribution is 2.11. The molecule has 1 N–H and O–H groups in total. The highest BCUT2D eigenvalue weighted by Gasteiger charge is 2.11. The molecule has 0 saturated heterocycles. The molecule has 0 radical (unpaired) electrons. The monoisotopic (exact) mass is 272 g/mol. The quantitative estimate of drug-likeness (QED) is 0.909. The van der Waals surface area contributed by atoms with Crippen molar-refractivity contribution in [3.63, 3.8) is 0 Å². The number of carbonyl (C=O) groups is 1. The van der Waals surface area contributed by atoms with Crippen LogP contribution in [0.4, 0.5) is 4.39 Å². The Bertz CT molecular complexity index is 572. The first-order valence-corrected chi connectivity index (χ1v) is 6.60. The molecule has 0 aliphatic carbocycles. The van der Waals surface area contributed by atoms with Crippen LogP contribution in [0.15, 0.2) is 48.7 Å². The summed E-state index contributed by atoms with van der Waals surface area (Å²) in [6.07, 6.45) is 2.35. The lowest BCUT2D eigenvalue weighted by molar-refractivity contribution is -0.121. The summed E-state index contributed by atoms with van der Waals surface area (Å²) in [5.41, 5.74) is 1.37. The van der Waals surface area contributed by atoms with Crippen molar-refractivity contribution < 1.29 is 9.18 Å². The predicted molar refractivity (Wildman–Crippen MR) is 75.5 cm³/mol. The summed E-state index contributed by atoms with van der Waals surface area (Å²) in [6, 6.07) is 11.9. The molecule has 0 saturated carbocycles. The number of hydrogen-bond donors (Lipinski definition) is 1. The summed E-state index contributed by atoms with van der Waals surface area (Å²) in [4.78, 5) is 16.0. The van der Waals surface area contributed by atoms with Gasteiger partial charge in [-0.1, -0.05) is 24.3 Å². The van der Waals surface area contributed by atoms with Gasteiger partial charge in [0.25, 0.3) is 0 Å². The van der Waals surface area contributed by atoms with Gasteiger partial charge in [-0.2, -0.15) is 0 Å². The van der Waals surface area contributed by atoms with Crippen LogP contribution in [0.5, 0.6) is 0 Å². The number of aromatic nitrogens is 1. The second-order valence-electron chi connectivity index (χ2n) is 4.64. The fraction of sp³-hybridized carbons (Fsp3) is 0.250. The van der Waals surface area contributed by atoms with Gasteiger partial charge in [-0.15, -0.1) is 0 Å². The number of benzene rings is 1. The molecule has 1 aromatic carbocycles. The predicted octanol–water partition coefficient (Wildman–Crippen LogP) is 3.03. The van der Waals surface area contributed by atoms with E-state index in [0.29, 0.717) is 12.0 Å². The van der Waals surface area contributed by atoms with Crippen molar-refractivity contribution in [1.82, 2.24) is 10.3 Å². The van der Waals surface area contributed by atoms with Gasteiger partial charge in [-0.05, 0) is 37.1 Å². The molecule has 0 aliphatic rings. The summed E-state index contributed by atoms with van der Waals surface area (Å²) >= 11 is 0. The van der Waals surface area contributed by atoms with E-state index in [4.69, 9.17) is 0 Å². The van der Waals surface area contributed by atoms with E-state index in [0.717, 1.165) is 5.69 Å². The zero-order valence-corrected chi connectivity index (χ0v) is 11.3. The summed E-state index contributed by atoms with van der Waals surface area (Å²) in [7, 11) is 0. The molecule has 0 aliphatic heterocycles. The first-order valence-electron chi connectivity index (χ1n) is 6.60. The van der Waals surface area contributed by atoms with Crippen molar-refractivity contribution >= 4 is 5.91 Å². The summed E-state index contributed by atoms with van der Waals surface area (Å²) in [5, 5.41) is 2.86. The van der Waals surface area contributed by atoms with E-state index in [9.17, 15) is 9.18 Å². The SMILES string of the molecule is C[C@@H](NC(=O)CCc1ccccc1F)c1ccccn1. The lowest BCUT2D eigenvalue weighted by Gasteiger charge is -2.13. The molecule has 1 atom stereocenters. The number of amides is 1. The van der Waals surface area contributed by atoms with E-state index in [2.05, 4.69) is 10.3 Å². The van der Waals surface area contributed by atoms with Crippen LogP contribution >= 0.6 is 0 Å². The molecule has 20 heavy (non-hydrogen) atoms. The first-order chi connectivity index (χ1) is 9.66. The fourth-order valence-corrected chi connectivity index (χ4v) is 1.97. The van der Waals surface area contributed by atoms with Gasteiger partial charge >= 0.3 is 0 Å². The first kappa shape index (κ1) is 14.2. The van der Waals surface area contributed by atoms with Crippen LogP contribution in [0.1, 0.15) is 30.6 Å². The summed E-state index contributed by atoms with van der Waals surface area (Å²) in [5.74, 6) is -0.371. The molecule has 1 heterocycles. The number of carbonyl (C=O) groups excluding carboxylic acids is 1. The Hall–Kier alpha value is -2.23. The lowest BCUT2D eigenvalue weighted by Crippen LogP contribution is -2.27. The molecule has 0 unspecified atom stereocenters. The van der Waals surface area contributed by atoms with E-state index in [1.807, 2.05) is 25.1 Å². The normalized spacial score (nSPS) is 11.9. The van der Waals surface area contributed by atoms with Crippen LogP contribution in [-0.4, -0.2) is 10.9 Å². The van der Waals surface area contributed by atoms with Gasteiger partial charge in [0.05, 0.1) is 11.7 Å². The second-order valence-corrected chi connectivity index (χ2v) is 4.64. The van der Waals surface area contributed by atoms with Crippen LogP contribution in [0.2, 0.25) is 0 Å². The Morgan fingerprint density at radius 2 is 2.00 bits per heavy atom. The largest absolute Gasteiger partial charge is 0.348 e. The highest BCUT2D eigenvalue weighted by molar-refractivity contribution is 5.76. The zero-order chi connectivity index (χ0) is 14.4. The third-order valence-electron chi connectivity index (χ3n) is 3.09. The summed E-state index contributed by atoms with van der Waals surface area (Å²) < 4.78 is 13.4. The zero-order valence-electron chi connectivity index (χ0n) is 11.3. The maximum atomic E-state index is 13.4. The standard InChI is InChI=1S/C16H17FN2O/c1-12(15-8-4-5-11-18-15)19-16(20)10-9-13-6-2-3-7-14(13)17/h2-8,11-12H,9-10H2,1H3,(H,19,20)/t12-/m1/s1. The molecular weight excluding hydrogens is 255 g/mol. The summed E-state index contributed by atoms with van der Waals surface area (Å²) in [6.45, 7) is 1.88. The van der Waals surface area contributed by atoms with Crippen molar-refractivity contribution in [2.45, 2.75) is 25.8 Å². The lowest BCUT2D eigenvalue weighted by atomic mass is 10.1. The van der Waals surface area contributed by atoms with E-state index < -0.39 is 0 Å². The smallest absolute Gasteiger partial charge is 0.220 e. The third-order valence-corrected chi connectivity index (χ3v) is 3.09. The number of nitrogens with one attached hydrogen (secondary N) is 1. The minimum atomic E-state index is -0.266. The van der Waals surface area contributed by atoms with Crippen LogP contribution in [0.3, 0.4) is 0 Å². The average Bonchev–Trinajstić information content (AvgIpc) is 2.47. The Labute approximate surface area is 117 Å². The molecule has 3 nitrogen and oxygen atoms in total. The molecule has 0 bridgehead atoms. The maximum absolute atomic E-state index is 13.4. The molecule has 2 rings (SSSR count). The molecule has 104 valence electrons. The average molecular weight is 272 g/mol. The van der Waals surface area contributed by atoms with Crippen LogP contribution in [0.25, 0.3) is 0 Å². The van der Waals surface area contributed by atoms with Gasteiger partial charge in [0.1, 0.15) is 5.82 Å². The topological polar surface area (TPSA) is 42.0 Å². The van der Waals surface area contributed by atoms with Crippen LogP contribution in [-0.2, 0) is 11.2 Å². The van der Waals surface area contributed by atoms with Gasteiger partial charge in [0.15, 0.2) is 0 Å². The number of hydrogen-bond acceptors (Lipinski definition) is 2. The molecule has 1 amide bonds. The fourth-order valence-electron chi connectivity index (χ4n) is 1.97. The number of pyridine rings is 1.